The Kier molecular flexibility index (Phi) is 7.10. The first kappa shape index (κ1) is 27.4. The summed E-state index contributed by atoms with van der Waals surface area (Å²) in [5, 5.41) is 10.5. The Hall–Kier alpha value is -4.79. The van der Waals surface area contributed by atoms with Crippen molar-refractivity contribution in [2.75, 3.05) is 25.1 Å². The maximum absolute atomic E-state index is 13.3. The van der Waals surface area contributed by atoms with E-state index in [1.807, 2.05) is 41.3 Å². The van der Waals surface area contributed by atoms with Crippen molar-refractivity contribution >= 4 is 17.5 Å². The molecule has 0 saturated carbocycles. The molecular formula is C27H26F3N9O3. The normalized spacial score (nSPS) is 17.3. The van der Waals surface area contributed by atoms with Gasteiger partial charge in [0.05, 0.1) is 25.3 Å². The molecule has 2 amide bonds. The van der Waals surface area contributed by atoms with Crippen LogP contribution in [0.2, 0.25) is 0 Å². The monoisotopic (exact) mass is 581 g/mol. The largest absolute Gasteiger partial charge is 0.489 e. The van der Waals surface area contributed by atoms with Crippen molar-refractivity contribution in [3.63, 3.8) is 0 Å². The van der Waals surface area contributed by atoms with Gasteiger partial charge in [0.2, 0.25) is 5.82 Å². The third-order valence-corrected chi connectivity index (χ3v) is 7.05. The Morgan fingerprint density at radius 2 is 1.88 bits per heavy atom. The molecule has 0 fully saturated rings. The van der Waals surface area contributed by atoms with Gasteiger partial charge in [-0.25, -0.2) is 19.3 Å². The number of alkyl halides is 3. The SMILES string of the molecule is CN1C(=O)[C@H](NC(=O)c2ncn(Cc3ccccc3)n2)COc2ccc(CN3CCn4nc(C(F)(F)F)nc4C3)cc21. The topological polar surface area (TPSA) is 123 Å². The van der Waals surface area contributed by atoms with Gasteiger partial charge in [0, 0.05) is 20.1 Å². The second-order valence-corrected chi connectivity index (χ2v) is 10.1. The minimum atomic E-state index is -4.60. The number of nitrogens with zero attached hydrogens (tertiary/aromatic N) is 8. The number of hydrogen-bond donors (Lipinski definition) is 1. The first-order chi connectivity index (χ1) is 20.1. The summed E-state index contributed by atoms with van der Waals surface area (Å²) >= 11 is 0. The molecule has 1 atom stereocenters. The zero-order valence-corrected chi connectivity index (χ0v) is 22.5. The second-order valence-electron chi connectivity index (χ2n) is 10.1. The van der Waals surface area contributed by atoms with Crippen LogP contribution in [0.5, 0.6) is 5.75 Å². The third kappa shape index (κ3) is 5.68. The van der Waals surface area contributed by atoms with Gasteiger partial charge < -0.3 is 15.0 Å². The summed E-state index contributed by atoms with van der Waals surface area (Å²) in [7, 11) is 1.59. The zero-order valence-electron chi connectivity index (χ0n) is 22.5. The number of aromatic nitrogens is 6. The second kappa shape index (κ2) is 10.9. The quantitative estimate of drug-likeness (QED) is 0.368. The van der Waals surface area contributed by atoms with Gasteiger partial charge in [-0.05, 0) is 23.3 Å². The minimum absolute atomic E-state index is 0.0647. The molecule has 42 heavy (non-hydrogen) atoms. The van der Waals surface area contributed by atoms with E-state index >= 15 is 0 Å². The fraction of sp³-hybridized carbons (Fsp3) is 0.333. The Morgan fingerprint density at radius 3 is 2.67 bits per heavy atom. The number of nitrogens with one attached hydrogen (secondary N) is 1. The Bertz CT molecular complexity index is 1620. The molecule has 0 saturated heterocycles. The van der Waals surface area contributed by atoms with Gasteiger partial charge in [-0.3, -0.25) is 14.5 Å². The molecular weight excluding hydrogens is 555 g/mol. The lowest BCUT2D eigenvalue weighted by Gasteiger charge is -2.27. The van der Waals surface area contributed by atoms with Crippen LogP contribution in [0.1, 0.15) is 33.4 Å². The zero-order chi connectivity index (χ0) is 29.4. The summed E-state index contributed by atoms with van der Waals surface area (Å²) in [5.74, 6) is -1.48. The van der Waals surface area contributed by atoms with E-state index in [-0.39, 0.29) is 37.3 Å². The molecule has 0 unspecified atom stereocenters. The number of benzene rings is 2. The lowest BCUT2D eigenvalue weighted by Crippen LogP contribution is -2.49. The van der Waals surface area contributed by atoms with Crippen LogP contribution in [-0.2, 0) is 37.1 Å². The number of ether oxygens (including phenoxy) is 1. The highest BCUT2D eigenvalue weighted by Crippen LogP contribution is 2.33. The molecule has 4 heterocycles. The molecule has 0 radical (unpaired) electrons. The highest BCUT2D eigenvalue weighted by molar-refractivity contribution is 6.02. The summed E-state index contributed by atoms with van der Waals surface area (Å²) in [6, 6.07) is 14.0. The number of carbonyl (C=O) groups excluding carboxylic acids is 2. The Balaban J connectivity index is 1.10. The Labute approximate surface area is 237 Å². The molecule has 2 aliphatic rings. The van der Waals surface area contributed by atoms with Gasteiger partial charge in [-0.2, -0.15) is 13.2 Å². The van der Waals surface area contributed by atoms with Crippen LogP contribution in [0, 0.1) is 0 Å². The number of rotatable bonds is 6. The Morgan fingerprint density at radius 1 is 1.07 bits per heavy atom. The lowest BCUT2D eigenvalue weighted by atomic mass is 10.1. The predicted molar refractivity (Wildman–Crippen MR) is 141 cm³/mol. The molecule has 218 valence electrons. The van der Waals surface area contributed by atoms with Crippen molar-refractivity contribution in [2.45, 2.75) is 38.4 Å². The van der Waals surface area contributed by atoms with E-state index in [0.29, 0.717) is 31.1 Å². The van der Waals surface area contributed by atoms with Gasteiger partial charge >= 0.3 is 6.18 Å². The van der Waals surface area contributed by atoms with E-state index in [2.05, 4.69) is 25.5 Å². The number of halogens is 3. The van der Waals surface area contributed by atoms with E-state index in [4.69, 9.17) is 4.74 Å². The van der Waals surface area contributed by atoms with Gasteiger partial charge in [0.1, 0.15) is 30.5 Å². The van der Waals surface area contributed by atoms with Crippen LogP contribution in [0.3, 0.4) is 0 Å². The number of hydrogen-bond acceptors (Lipinski definition) is 8. The first-order valence-corrected chi connectivity index (χ1v) is 13.1. The molecule has 2 aromatic carbocycles. The van der Waals surface area contributed by atoms with Crippen molar-refractivity contribution < 1.29 is 27.5 Å². The summed E-state index contributed by atoms with van der Waals surface area (Å²) in [6.45, 7) is 1.75. The van der Waals surface area contributed by atoms with E-state index in [1.165, 1.54) is 15.9 Å². The molecule has 1 N–H and O–H groups in total. The summed E-state index contributed by atoms with van der Waals surface area (Å²) < 4.78 is 47.7. The van der Waals surface area contributed by atoms with Crippen LogP contribution in [-0.4, -0.2) is 72.5 Å². The fourth-order valence-corrected chi connectivity index (χ4v) is 4.91. The van der Waals surface area contributed by atoms with Crippen molar-refractivity contribution in [3.05, 3.63) is 83.5 Å². The van der Waals surface area contributed by atoms with Crippen molar-refractivity contribution in [1.29, 1.82) is 0 Å². The maximum Gasteiger partial charge on any atom is 0.453 e. The highest BCUT2D eigenvalue weighted by Gasteiger charge is 2.38. The van der Waals surface area contributed by atoms with Crippen molar-refractivity contribution in [2.24, 2.45) is 0 Å². The molecule has 2 aromatic heterocycles. The van der Waals surface area contributed by atoms with E-state index in [9.17, 15) is 22.8 Å². The number of fused-ring (bicyclic) bond motifs is 2. The number of anilines is 1. The van der Waals surface area contributed by atoms with Gasteiger partial charge in [0.15, 0.2) is 0 Å². The van der Waals surface area contributed by atoms with Crippen LogP contribution in [0.15, 0.2) is 54.9 Å². The lowest BCUT2D eigenvalue weighted by molar-refractivity contribution is -0.145. The molecule has 0 spiro atoms. The molecule has 15 heteroatoms. The van der Waals surface area contributed by atoms with E-state index < -0.39 is 23.9 Å². The standard InChI is InChI=1S/C27H26F3N9O3/c1-36-20-11-18(12-37-9-10-39-22(14-37)33-26(35-39)27(28,29)30)7-8-21(20)42-15-19(25(36)41)32-24(40)23-31-16-38(34-23)13-17-5-3-2-4-6-17/h2-8,11,16,19H,9-10,12-15H2,1H3,(H,32,40)/t19-/m1/s1. The number of carbonyl (C=O) groups is 2. The van der Waals surface area contributed by atoms with E-state index in [0.717, 1.165) is 11.1 Å². The van der Waals surface area contributed by atoms with Crippen LogP contribution in [0.25, 0.3) is 0 Å². The van der Waals surface area contributed by atoms with Crippen molar-refractivity contribution in [3.8, 4) is 5.75 Å². The highest BCUT2D eigenvalue weighted by atomic mass is 19.4. The van der Waals surface area contributed by atoms with Crippen LogP contribution >= 0.6 is 0 Å². The molecule has 12 nitrogen and oxygen atoms in total. The van der Waals surface area contributed by atoms with E-state index in [1.54, 1.807) is 23.9 Å². The average molecular weight is 582 g/mol. The number of amides is 2. The van der Waals surface area contributed by atoms with Crippen LogP contribution in [0.4, 0.5) is 18.9 Å². The average Bonchev–Trinajstić information content (AvgIpc) is 3.60. The summed E-state index contributed by atoms with van der Waals surface area (Å²) in [6.07, 6.45) is -3.14. The fourth-order valence-electron chi connectivity index (χ4n) is 4.91. The third-order valence-electron chi connectivity index (χ3n) is 7.05. The minimum Gasteiger partial charge on any atom is -0.489 e. The smallest absolute Gasteiger partial charge is 0.453 e. The summed E-state index contributed by atoms with van der Waals surface area (Å²) in [5.41, 5.74) is 2.34. The van der Waals surface area contributed by atoms with Gasteiger partial charge in [-0.1, -0.05) is 36.4 Å². The molecule has 4 aromatic rings. The molecule has 2 aliphatic heterocycles. The predicted octanol–water partition coefficient (Wildman–Crippen LogP) is 2.11. The van der Waals surface area contributed by atoms with Gasteiger partial charge in [0.25, 0.3) is 17.6 Å². The molecule has 0 aliphatic carbocycles. The van der Waals surface area contributed by atoms with Crippen LogP contribution < -0.4 is 15.0 Å². The van der Waals surface area contributed by atoms with Gasteiger partial charge in [-0.15, -0.1) is 10.2 Å². The molecule has 6 rings (SSSR count). The first-order valence-electron chi connectivity index (χ1n) is 13.1. The van der Waals surface area contributed by atoms with Crippen molar-refractivity contribution in [1.82, 2.24) is 39.7 Å². The maximum atomic E-state index is 13.3. The molecule has 0 bridgehead atoms. The summed E-state index contributed by atoms with van der Waals surface area (Å²) in [4.78, 5) is 37.3. The number of likely N-dealkylation sites (N-methyl/N-ethyl adjacent to an activating group) is 1.